The zero-order valence-corrected chi connectivity index (χ0v) is 18.7. The summed E-state index contributed by atoms with van der Waals surface area (Å²) in [5, 5.41) is 13.2. The lowest BCUT2D eigenvalue weighted by Gasteiger charge is -2.29. The van der Waals surface area contributed by atoms with Crippen LogP contribution in [0.5, 0.6) is 0 Å². The van der Waals surface area contributed by atoms with Crippen LogP contribution in [0.1, 0.15) is 42.7 Å². The highest BCUT2D eigenvalue weighted by Gasteiger charge is 2.36. The Hall–Kier alpha value is -2.31. The summed E-state index contributed by atoms with van der Waals surface area (Å²) in [6, 6.07) is 18.2. The minimum atomic E-state index is -0.683. The van der Waals surface area contributed by atoms with E-state index in [1.54, 1.807) is 0 Å². The lowest BCUT2D eigenvalue weighted by Crippen LogP contribution is -2.45. The molecule has 1 amide bonds. The summed E-state index contributed by atoms with van der Waals surface area (Å²) in [5.74, 6) is 0.919. The van der Waals surface area contributed by atoms with Crippen LogP contribution in [-0.2, 0) is 22.2 Å². The van der Waals surface area contributed by atoms with Crippen molar-refractivity contribution in [1.29, 1.82) is 0 Å². The minimum absolute atomic E-state index is 0.0865. The van der Waals surface area contributed by atoms with Gasteiger partial charge in [-0.2, -0.15) is 0 Å². The molecular formula is C25H31N2O3S+. The van der Waals surface area contributed by atoms with Gasteiger partial charge in [0.25, 0.3) is 0 Å². The Kier molecular flexibility index (Phi) is 7.30. The highest BCUT2D eigenvalue weighted by Crippen LogP contribution is 2.38. The lowest BCUT2D eigenvalue weighted by molar-refractivity contribution is -0.143. The number of amides is 1. The van der Waals surface area contributed by atoms with Crippen molar-refractivity contribution in [3.8, 4) is 0 Å². The van der Waals surface area contributed by atoms with Crippen molar-refractivity contribution in [3.63, 3.8) is 0 Å². The highest BCUT2D eigenvalue weighted by molar-refractivity contribution is 8.11. The fourth-order valence-corrected chi connectivity index (χ4v) is 6.51. The molecule has 2 aromatic carbocycles. The molecule has 0 unspecified atom stereocenters. The van der Waals surface area contributed by atoms with Crippen LogP contribution in [0.25, 0.3) is 0 Å². The second-order valence-electron chi connectivity index (χ2n) is 8.42. The molecular weight excluding hydrogens is 408 g/mol. The number of anilines is 1. The molecule has 2 fully saturated rings. The van der Waals surface area contributed by atoms with E-state index in [-0.39, 0.29) is 28.0 Å². The summed E-state index contributed by atoms with van der Waals surface area (Å²) in [4.78, 5) is 27.0. The third-order valence-corrected chi connectivity index (χ3v) is 8.53. The topological polar surface area (TPSA) is 69.6 Å². The quantitative estimate of drug-likeness (QED) is 0.678. The summed E-state index contributed by atoms with van der Waals surface area (Å²) in [6.07, 6.45) is 3.78. The molecule has 1 aliphatic heterocycles. The van der Waals surface area contributed by atoms with Gasteiger partial charge in [0.2, 0.25) is 0 Å². The van der Waals surface area contributed by atoms with Crippen molar-refractivity contribution < 1.29 is 14.7 Å². The van der Waals surface area contributed by atoms with Crippen LogP contribution in [0.4, 0.5) is 10.5 Å². The summed E-state index contributed by atoms with van der Waals surface area (Å²) in [5.41, 5.74) is 3.11. The number of carboxylic acid groups (broad SMARTS) is 1. The first-order valence-electron chi connectivity index (χ1n) is 11.2. The molecule has 2 aromatic rings. The molecule has 2 aliphatic rings. The Morgan fingerprint density at radius 2 is 1.65 bits per heavy atom. The van der Waals surface area contributed by atoms with Crippen molar-refractivity contribution in [2.45, 2.75) is 38.1 Å². The number of rotatable bonds is 5. The monoisotopic (exact) mass is 439 g/mol. The second kappa shape index (κ2) is 10.3. The van der Waals surface area contributed by atoms with Crippen molar-refractivity contribution in [2.24, 2.45) is 5.92 Å². The highest BCUT2D eigenvalue weighted by atomic mass is 32.2. The van der Waals surface area contributed by atoms with Crippen LogP contribution >= 0.6 is 0 Å². The Morgan fingerprint density at radius 3 is 2.32 bits per heavy atom. The summed E-state index contributed by atoms with van der Waals surface area (Å²) < 4.78 is 0. The van der Waals surface area contributed by atoms with Gasteiger partial charge in [0.1, 0.15) is 11.5 Å². The maximum atomic E-state index is 13.4. The van der Waals surface area contributed by atoms with Gasteiger partial charge in [-0.05, 0) is 42.0 Å². The Bertz CT molecular complexity index is 881. The molecule has 2 atom stereocenters. The summed E-state index contributed by atoms with van der Waals surface area (Å²) >= 11 is 0. The number of carbonyl (C=O) groups is 2. The van der Waals surface area contributed by atoms with Crippen LogP contribution in [0.3, 0.4) is 0 Å². The van der Waals surface area contributed by atoms with Gasteiger partial charge in [-0.1, -0.05) is 55.3 Å². The summed E-state index contributed by atoms with van der Waals surface area (Å²) in [7, 11) is -0.253. The summed E-state index contributed by atoms with van der Waals surface area (Å²) in [6.45, 7) is 2.34. The SMILES string of the molecule is O=C(O)[C@H]1CCCC[C@@H]1c1ccc(CN(C(=O)[S+]2CCNCC2)c2ccccc2)cc1. The molecule has 1 saturated heterocycles. The zero-order chi connectivity index (χ0) is 21.6. The van der Waals surface area contributed by atoms with E-state index in [1.807, 2.05) is 35.2 Å². The number of nitrogens with zero attached hydrogens (tertiary/aromatic N) is 1. The molecule has 0 radical (unpaired) electrons. The predicted octanol–water partition coefficient (Wildman–Crippen LogP) is 4.39. The normalized spacial score (nSPS) is 22.1. The van der Waals surface area contributed by atoms with Crippen LogP contribution < -0.4 is 10.2 Å². The van der Waals surface area contributed by atoms with Gasteiger partial charge in [-0.15, -0.1) is 0 Å². The third kappa shape index (κ3) is 5.31. The predicted molar refractivity (Wildman–Crippen MR) is 127 cm³/mol. The van der Waals surface area contributed by atoms with Gasteiger partial charge in [0.15, 0.2) is 0 Å². The smallest absolute Gasteiger partial charge is 0.436 e. The first-order valence-corrected chi connectivity index (χ1v) is 12.8. The van der Waals surface area contributed by atoms with Crippen LogP contribution in [0.15, 0.2) is 54.6 Å². The first-order chi connectivity index (χ1) is 15.1. The lowest BCUT2D eigenvalue weighted by atomic mass is 9.75. The van der Waals surface area contributed by atoms with Crippen molar-refractivity contribution >= 4 is 27.8 Å². The number of carboxylic acids is 1. The number of hydrogen-bond donors (Lipinski definition) is 2. The molecule has 1 aliphatic carbocycles. The maximum Gasteiger partial charge on any atom is 0.436 e. The molecule has 5 nitrogen and oxygen atoms in total. The number of aliphatic carboxylic acids is 1. The van der Waals surface area contributed by atoms with E-state index in [1.165, 1.54) is 0 Å². The van der Waals surface area contributed by atoms with Gasteiger partial charge >= 0.3 is 11.2 Å². The van der Waals surface area contributed by atoms with Crippen LogP contribution in [0, 0.1) is 5.92 Å². The van der Waals surface area contributed by atoms with Crippen LogP contribution in [-0.4, -0.2) is 40.9 Å². The number of para-hydroxylation sites is 1. The maximum absolute atomic E-state index is 13.4. The molecule has 31 heavy (non-hydrogen) atoms. The number of carbonyl (C=O) groups excluding carboxylic acids is 1. The van der Waals surface area contributed by atoms with Crippen molar-refractivity contribution in [1.82, 2.24) is 5.32 Å². The number of benzene rings is 2. The fourth-order valence-electron chi connectivity index (χ4n) is 4.70. The molecule has 4 rings (SSSR count). The van der Waals surface area contributed by atoms with E-state index in [9.17, 15) is 14.7 Å². The van der Waals surface area contributed by atoms with Gasteiger partial charge in [-0.3, -0.25) is 9.69 Å². The average molecular weight is 440 g/mol. The molecule has 0 bridgehead atoms. The first kappa shape index (κ1) is 21.9. The zero-order valence-electron chi connectivity index (χ0n) is 17.8. The largest absolute Gasteiger partial charge is 0.481 e. The van der Waals surface area contributed by atoms with E-state index in [4.69, 9.17) is 0 Å². The van der Waals surface area contributed by atoms with Gasteiger partial charge in [0, 0.05) is 18.8 Å². The van der Waals surface area contributed by atoms with E-state index in [0.717, 1.165) is 67.1 Å². The Balaban J connectivity index is 1.53. The molecule has 164 valence electrons. The van der Waals surface area contributed by atoms with Crippen molar-refractivity contribution in [3.05, 3.63) is 65.7 Å². The molecule has 2 N–H and O–H groups in total. The third-order valence-electron chi connectivity index (χ3n) is 6.42. The minimum Gasteiger partial charge on any atom is -0.481 e. The molecule has 6 heteroatoms. The number of hydrogen-bond acceptors (Lipinski definition) is 3. The Morgan fingerprint density at radius 1 is 0.968 bits per heavy atom. The van der Waals surface area contributed by atoms with Crippen LogP contribution in [0.2, 0.25) is 0 Å². The standard InChI is InChI=1S/C25H30N2O3S/c28-24(29)23-9-5-4-8-22(23)20-12-10-19(11-13-20)18-27(21-6-2-1-3-7-21)25(30)31-16-14-26-15-17-31/h1-3,6-7,10-13,22-23,26H,4-5,8-9,14-18H2/p+1/t22-,23+/m1/s1. The number of nitrogens with one attached hydrogen (secondary N) is 1. The average Bonchev–Trinajstić information content (AvgIpc) is 2.83. The van der Waals surface area contributed by atoms with E-state index in [2.05, 4.69) is 29.6 Å². The van der Waals surface area contributed by atoms with E-state index in [0.29, 0.717) is 6.54 Å². The van der Waals surface area contributed by atoms with E-state index >= 15 is 0 Å². The Labute approximate surface area is 187 Å². The van der Waals surface area contributed by atoms with Gasteiger partial charge in [0.05, 0.1) is 23.4 Å². The molecule has 0 aromatic heterocycles. The second-order valence-corrected chi connectivity index (χ2v) is 10.6. The molecule has 1 saturated carbocycles. The fraction of sp³-hybridized carbons (Fsp3) is 0.440. The van der Waals surface area contributed by atoms with Gasteiger partial charge in [-0.25, -0.2) is 4.79 Å². The van der Waals surface area contributed by atoms with Gasteiger partial charge < -0.3 is 10.4 Å². The molecule has 1 heterocycles. The van der Waals surface area contributed by atoms with E-state index < -0.39 is 5.97 Å². The molecule has 0 spiro atoms. The van der Waals surface area contributed by atoms with Crippen molar-refractivity contribution in [2.75, 3.05) is 29.5 Å².